The maximum atomic E-state index is 13.2. The quantitative estimate of drug-likeness (QED) is 0.839. The molecule has 1 aromatic carbocycles. The third-order valence-electron chi connectivity index (χ3n) is 5.57. The summed E-state index contributed by atoms with van der Waals surface area (Å²) >= 11 is 1.01. The van der Waals surface area contributed by atoms with Crippen molar-refractivity contribution >= 4 is 38.7 Å². The van der Waals surface area contributed by atoms with E-state index in [4.69, 9.17) is 0 Å². The summed E-state index contributed by atoms with van der Waals surface area (Å²) < 4.78 is 36.1. The number of piperidine rings is 1. The standard InChI is InChI=1S/C18H24N4O3S2/c23-18(19-14-7-2-1-3-8-14)13-6-5-11-22(12-13)27(24,25)16-10-4-9-15-17(16)21-26-20-15/h4,9-10,13-14H,1-3,5-8,11-12H2,(H,19,23)/t13-/m1/s1. The number of carbonyl (C=O) groups excluding carboxylic acids is 1. The van der Waals surface area contributed by atoms with Gasteiger partial charge in [-0.3, -0.25) is 4.79 Å². The number of rotatable bonds is 4. The third-order valence-corrected chi connectivity index (χ3v) is 8.01. The van der Waals surface area contributed by atoms with Crippen LogP contribution < -0.4 is 5.32 Å². The highest BCUT2D eigenvalue weighted by molar-refractivity contribution is 7.89. The summed E-state index contributed by atoms with van der Waals surface area (Å²) in [6.45, 7) is 0.665. The Hall–Kier alpha value is -1.58. The van der Waals surface area contributed by atoms with Gasteiger partial charge in [-0.1, -0.05) is 25.3 Å². The van der Waals surface area contributed by atoms with Gasteiger partial charge in [-0.15, -0.1) is 0 Å². The molecule has 1 aliphatic carbocycles. The van der Waals surface area contributed by atoms with Crippen molar-refractivity contribution in [3.63, 3.8) is 0 Å². The van der Waals surface area contributed by atoms with Crippen LogP contribution in [0.5, 0.6) is 0 Å². The molecular weight excluding hydrogens is 384 g/mol. The zero-order valence-corrected chi connectivity index (χ0v) is 16.8. The monoisotopic (exact) mass is 408 g/mol. The molecule has 1 aliphatic heterocycles. The molecule has 1 aromatic heterocycles. The molecule has 2 heterocycles. The van der Waals surface area contributed by atoms with Gasteiger partial charge >= 0.3 is 0 Å². The number of amides is 1. The van der Waals surface area contributed by atoms with Gasteiger partial charge in [0.25, 0.3) is 0 Å². The van der Waals surface area contributed by atoms with Crippen LogP contribution in [0.3, 0.4) is 0 Å². The van der Waals surface area contributed by atoms with Gasteiger partial charge in [0.05, 0.1) is 17.6 Å². The molecule has 2 fully saturated rings. The Kier molecular flexibility index (Phi) is 5.43. The summed E-state index contributed by atoms with van der Waals surface area (Å²) in [5.74, 6) is -0.293. The fraction of sp³-hybridized carbons (Fsp3) is 0.611. The van der Waals surface area contributed by atoms with E-state index in [2.05, 4.69) is 14.1 Å². The number of carbonyl (C=O) groups is 1. The number of benzene rings is 1. The molecule has 1 saturated heterocycles. The van der Waals surface area contributed by atoms with E-state index in [0.29, 0.717) is 24.0 Å². The number of nitrogens with one attached hydrogen (secondary N) is 1. The molecule has 0 unspecified atom stereocenters. The van der Waals surface area contributed by atoms with Crippen molar-refractivity contribution in [1.82, 2.24) is 18.4 Å². The van der Waals surface area contributed by atoms with E-state index in [1.165, 1.54) is 10.7 Å². The lowest BCUT2D eigenvalue weighted by Gasteiger charge is -2.32. The predicted octanol–water partition coefficient (Wildman–Crippen LogP) is 2.54. The van der Waals surface area contributed by atoms with Crippen molar-refractivity contribution in [2.24, 2.45) is 5.92 Å². The van der Waals surface area contributed by atoms with Crippen molar-refractivity contribution in [2.45, 2.75) is 55.9 Å². The second-order valence-corrected chi connectivity index (χ2v) is 9.87. The lowest BCUT2D eigenvalue weighted by molar-refractivity contribution is -0.127. The zero-order chi connectivity index (χ0) is 18.9. The molecular formula is C18H24N4O3S2. The fourth-order valence-corrected chi connectivity index (χ4v) is 6.35. The fourth-order valence-electron chi connectivity index (χ4n) is 4.07. The van der Waals surface area contributed by atoms with Crippen LogP contribution in [0.15, 0.2) is 23.1 Å². The molecule has 1 N–H and O–H groups in total. The van der Waals surface area contributed by atoms with Crippen LogP contribution in [0.2, 0.25) is 0 Å². The number of fused-ring (bicyclic) bond motifs is 1. The van der Waals surface area contributed by atoms with Crippen molar-refractivity contribution < 1.29 is 13.2 Å². The second kappa shape index (κ2) is 7.81. The highest BCUT2D eigenvalue weighted by Crippen LogP contribution is 2.28. The average Bonchev–Trinajstić information content (AvgIpc) is 3.17. The summed E-state index contributed by atoms with van der Waals surface area (Å²) in [7, 11) is -3.70. The predicted molar refractivity (Wildman–Crippen MR) is 104 cm³/mol. The van der Waals surface area contributed by atoms with E-state index < -0.39 is 10.0 Å². The molecule has 2 aliphatic rings. The molecule has 9 heteroatoms. The van der Waals surface area contributed by atoms with Gasteiger partial charge in [-0.25, -0.2) is 8.42 Å². The van der Waals surface area contributed by atoms with E-state index in [-0.39, 0.29) is 29.3 Å². The summed E-state index contributed by atoms with van der Waals surface area (Å²) in [5.41, 5.74) is 1.00. The Bertz CT molecular complexity index is 922. The topological polar surface area (TPSA) is 92.3 Å². The average molecular weight is 409 g/mol. The molecule has 27 heavy (non-hydrogen) atoms. The Morgan fingerprint density at radius 2 is 1.93 bits per heavy atom. The first-order valence-corrected chi connectivity index (χ1v) is 11.7. The van der Waals surface area contributed by atoms with Crippen LogP contribution in [-0.2, 0) is 14.8 Å². The first kappa shape index (κ1) is 18.8. The van der Waals surface area contributed by atoms with Gasteiger partial charge in [0.2, 0.25) is 15.9 Å². The number of sulfonamides is 1. The molecule has 1 atom stereocenters. The van der Waals surface area contributed by atoms with Crippen molar-refractivity contribution in [3.05, 3.63) is 18.2 Å². The largest absolute Gasteiger partial charge is 0.353 e. The highest BCUT2D eigenvalue weighted by Gasteiger charge is 2.35. The molecule has 0 radical (unpaired) electrons. The van der Waals surface area contributed by atoms with Crippen molar-refractivity contribution in [1.29, 1.82) is 0 Å². The minimum atomic E-state index is -3.70. The molecule has 2 aromatic rings. The van der Waals surface area contributed by atoms with Crippen LogP contribution in [0.1, 0.15) is 44.9 Å². The number of aromatic nitrogens is 2. The van der Waals surface area contributed by atoms with E-state index in [1.54, 1.807) is 18.2 Å². The molecule has 7 nitrogen and oxygen atoms in total. The smallest absolute Gasteiger partial charge is 0.245 e. The summed E-state index contributed by atoms with van der Waals surface area (Å²) in [5, 5.41) is 3.14. The minimum absolute atomic E-state index is 0.00432. The number of nitrogens with zero attached hydrogens (tertiary/aromatic N) is 3. The zero-order valence-electron chi connectivity index (χ0n) is 15.1. The molecule has 4 rings (SSSR count). The van der Waals surface area contributed by atoms with Crippen LogP contribution in [0.25, 0.3) is 11.0 Å². The van der Waals surface area contributed by atoms with Crippen LogP contribution >= 0.6 is 11.7 Å². The van der Waals surface area contributed by atoms with Gasteiger partial charge < -0.3 is 5.32 Å². The molecule has 0 spiro atoms. The van der Waals surface area contributed by atoms with Crippen molar-refractivity contribution in [3.8, 4) is 0 Å². The Morgan fingerprint density at radius 3 is 2.74 bits per heavy atom. The van der Waals surface area contributed by atoms with E-state index in [9.17, 15) is 13.2 Å². The van der Waals surface area contributed by atoms with Gasteiger partial charge in [0, 0.05) is 19.1 Å². The number of hydrogen-bond acceptors (Lipinski definition) is 6. The van der Waals surface area contributed by atoms with Crippen LogP contribution in [0.4, 0.5) is 0 Å². The minimum Gasteiger partial charge on any atom is -0.353 e. The summed E-state index contributed by atoms with van der Waals surface area (Å²) in [6, 6.07) is 5.26. The lowest BCUT2D eigenvalue weighted by Crippen LogP contribution is -2.47. The Labute approximate surface area is 163 Å². The highest BCUT2D eigenvalue weighted by atomic mass is 32.2. The maximum absolute atomic E-state index is 13.2. The Morgan fingerprint density at radius 1 is 1.11 bits per heavy atom. The van der Waals surface area contributed by atoms with E-state index in [1.807, 2.05) is 0 Å². The van der Waals surface area contributed by atoms with E-state index >= 15 is 0 Å². The third kappa shape index (κ3) is 3.86. The van der Waals surface area contributed by atoms with Crippen molar-refractivity contribution in [2.75, 3.05) is 13.1 Å². The molecule has 0 bridgehead atoms. The molecule has 1 saturated carbocycles. The summed E-state index contributed by atoms with van der Waals surface area (Å²) in [6.07, 6.45) is 7.02. The maximum Gasteiger partial charge on any atom is 0.245 e. The van der Waals surface area contributed by atoms with Gasteiger partial charge in [-0.2, -0.15) is 13.1 Å². The normalized spacial score (nSPS) is 22.7. The number of hydrogen-bond donors (Lipinski definition) is 1. The van der Waals surface area contributed by atoms with Gasteiger partial charge in [0.1, 0.15) is 15.9 Å². The van der Waals surface area contributed by atoms with Crippen LogP contribution in [0, 0.1) is 5.92 Å². The summed E-state index contributed by atoms with van der Waals surface area (Å²) in [4.78, 5) is 12.9. The first-order valence-electron chi connectivity index (χ1n) is 9.57. The Balaban J connectivity index is 1.50. The van der Waals surface area contributed by atoms with E-state index in [0.717, 1.165) is 43.8 Å². The first-order chi connectivity index (χ1) is 13.1. The van der Waals surface area contributed by atoms with Gasteiger partial charge in [0.15, 0.2) is 0 Å². The lowest BCUT2D eigenvalue weighted by atomic mass is 9.93. The second-order valence-electron chi connectivity index (χ2n) is 7.43. The van der Waals surface area contributed by atoms with Crippen LogP contribution in [-0.4, -0.2) is 46.5 Å². The molecule has 146 valence electrons. The SMILES string of the molecule is O=C(NC1CCCCC1)[C@@H]1CCCN(S(=O)(=O)c2cccc3nsnc23)C1. The van der Waals surface area contributed by atoms with Gasteiger partial charge in [-0.05, 0) is 37.8 Å². The molecule has 1 amide bonds.